The topological polar surface area (TPSA) is 126 Å². The first-order valence-corrected chi connectivity index (χ1v) is 7.60. The van der Waals surface area contributed by atoms with Crippen molar-refractivity contribution < 1.29 is 9.53 Å². The van der Waals surface area contributed by atoms with Crippen LogP contribution in [0.25, 0.3) is 0 Å². The molecule has 0 unspecified atom stereocenters. The molecule has 1 amide bonds. The smallest absolute Gasteiger partial charge is 0.340 e. The summed E-state index contributed by atoms with van der Waals surface area (Å²) in [5.41, 5.74) is 6.79. The highest BCUT2D eigenvalue weighted by molar-refractivity contribution is 5.99. The lowest BCUT2D eigenvalue weighted by Gasteiger charge is -2.15. The van der Waals surface area contributed by atoms with E-state index in [1.807, 2.05) is 30.3 Å². The second-order valence-corrected chi connectivity index (χ2v) is 5.30. The fraction of sp³-hybridized carbons (Fsp3) is 0.118. The lowest BCUT2D eigenvalue weighted by Crippen LogP contribution is -2.16. The Morgan fingerprint density at radius 2 is 1.96 bits per heavy atom. The first-order chi connectivity index (χ1) is 12.1. The van der Waals surface area contributed by atoms with Crippen LogP contribution in [0.3, 0.4) is 0 Å². The third-order valence-electron chi connectivity index (χ3n) is 3.51. The number of carbonyl (C=O) groups is 1. The fourth-order valence-corrected chi connectivity index (χ4v) is 2.34. The number of ether oxygens (including phenoxy) is 1. The molecule has 1 aromatic heterocycles. The van der Waals surface area contributed by atoms with E-state index in [0.29, 0.717) is 29.4 Å². The molecule has 8 nitrogen and oxygen atoms in total. The molecule has 0 radical (unpaired) electrons. The Balaban J connectivity index is 1.82. The van der Waals surface area contributed by atoms with E-state index in [-0.39, 0.29) is 6.54 Å². The zero-order chi connectivity index (χ0) is 17.6. The van der Waals surface area contributed by atoms with Gasteiger partial charge >= 0.3 is 5.69 Å². The largest absolute Gasteiger partial charge is 0.487 e. The number of nitrogens with one attached hydrogen (secondary N) is 3. The number of rotatable bonds is 7. The molecule has 1 heterocycles. The maximum Gasteiger partial charge on any atom is 0.340 e. The van der Waals surface area contributed by atoms with Crippen LogP contribution in [0, 0.1) is 0 Å². The highest BCUT2D eigenvalue weighted by Gasteiger charge is 2.14. The van der Waals surface area contributed by atoms with Crippen LogP contribution < -0.4 is 21.5 Å². The van der Waals surface area contributed by atoms with Gasteiger partial charge in [-0.2, -0.15) is 5.10 Å². The van der Waals surface area contributed by atoms with E-state index < -0.39 is 11.6 Å². The summed E-state index contributed by atoms with van der Waals surface area (Å²) in [6.07, 6.45) is 0. The third kappa shape index (κ3) is 4.05. The zero-order valence-electron chi connectivity index (χ0n) is 13.3. The van der Waals surface area contributed by atoms with Crippen molar-refractivity contribution in [1.82, 2.24) is 15.2 Å². The molecule has 25 heavy (non-hydrogen) atoms. The maximum absolute atomic E-state index is 11.7. The van der Waals surface area contributed by atoms with E-state index in [1.54, 1.807) is 18.2 Å². The van der Waals surface area contributed by atoms with Gasteiger partial charge in [-0.1, -0.05) is 36.4 Å². The number of amides is 1. The summed E-state index contributed by atoms with van der Waals surface area (Å²) in [4.78, 5) is 25.3. The first-order valence-electron chi connectivity index (χ1n) is 7.60. The van der Waals surface area contributed by atoms with Gasteiger partial charge in [-0.15, -0.1) is 0 Å². The Bertz CT molecular complexity index is 917. The number of anilines is 1. The van der Waals surface area contributed by atoms with Crippen LogP contribution in [-0.4, -0.2) is 21.1 Å². The normalized spacial score (nSPS) is 10.4. The molecule has 0 aliphatic carbocycles. The van der Waals surface area contributed by atoms with Gasteiger partial charge in [0.25, 0.3) is 5.91 Å². The number of nitrogens with two attached hydrogens (primary N) is 1. The average Bonchev–Trinajstić information content (AvgIpc) is 3.04. The summed E-state index contributed by atoms with van der Waals surface area (Å²) < 4.78 is 5.84. The molecule has 0 aliphatic rings. The van der Waals surface area contributed by atoms with Crippen LogP contribution in [0.4, 0.5) is 5.69 Å². The molecule has 128 valence electrons. The molecule has 2 aromatic carbocycles. The number of hydrogen-bond acceptors (Lipinski definition) is 5. The van der Waals surface area contributed by atoms with Crippen LogP contribution >= 0.6 is 0 Å². The molecule has 3 rings (SSSR count). The quantitative estimate of drug-likeness (QED) is 0.517. The molecule has 0 atom stereocenters. The molecule has 0 spiro atoms. The van der Waals surface area contributed by atoms with E-state index >= 15 is 0 Å². The zero-order valence-corrected chi connectivity index (χ0v) is 13.3. The van der Waals surface area contributed by atoms with Gasteiger partial charge in [-0.25, -0.2) is 9.89 Å². The van der Waals surface area contributed by atoms with Crippen molar-refractivity contribution in [3.8, 4) is 5.75 Å². The predicted octanol–water partition coefficient (Wildman–Crippen LogP) is 1.39. The number of aromatic nitrogens is 3. The molecule has 5 N–H and O–H groups in total. The Morgan fingerprint density at radius 3 is 2.64 bits per heavy atom. The van der Waals surface area contributed by atoms with Gasteiger partial charge in [-0.05, 0) is 17.7 Å². The van der Waals surface area contributed by atoms with Crippen molar-refractivity contribution in [1.29, 1.82) is 0 Å². The monoisotopic (exact) mass is 339 g/mol. The SMILES string of the molecule is NC(=O)c1cccc(OCc2ccccc2)c1NCc1n[nH]c(=O)[nH]1. The van der Waals surface area contributed by atoms with Crippen molar-refractivity contribution in [2.45, 2.75) is 13.2 Å². The van der Waals surface area contributed by atoms with Crippen molar-refractivity contribution >= 4 is 11.6 Å². The lowest BCUT2D eigenvalue weighted by atomic mass is 10.1. The van der Waals surface area contributed by atoms with E-state index in [4.69, 9.17) is 10.5 Å². The Labute approximate surface area is 143 Å². The molecule has 0 bridgehead atoms. The van der Waals surface area contributed by atoms with Crippen LogP contribution in [0.2, 0.25) is 0 Å². The van der Waals surface area contributed by atoms with Gasteiger partial charge in [0, 0.05) is 0 Å². The van der Waals surface area contributed by atoms with Gasteiger partial charge in [0.2, 0.25) is 0 Å². The number of H-pyrrole nitrogens is 2. The van der Waals surface area contributed by atoms with E-state index in [1.165, 1.54) is 0 Å². The summed E-state index contributed by atoms with van der Waals surface area (Å²) in [6, 6.07) is 14.7. The molecular formula is C17H17N5O3. The van der Waals surface area contributed by atoms with E-state index in [9.17, 15) is 9.59 Å². The molecule has 3 aromatic rings. The van der Waals surface area contributed by atoms with Crippen molar-refractivity contribution in [3.05, 3.63) is 76.0 Å². The molecule has 8 heteroatoms. The fourth-order valence-electron chi connectivity index (χ4n) is 2.34. The molecule has 0 fully saturated rings. The van der Waals surface area contributed by atoms with Gasteiger partial charge in [-0.3, -0.25) is 9.78 Å². The number of nitrogens with zero attached hydrogens (tertiary/aromatic N) is 1. The highest BCUT2D eigenvalue weighted by Crippen LogP contribution is 2.29. The maximum atomic E-state index is 11.7. The summed E-state index contributed by atoms with van der Waals surface area (Å²) in [7, 11) is 0. The van der Waals surface area contributed by atoms with E-state index in [0.717, 1.165) is 5.56 Å². The minimum absolute atomic E-state index is 0.199. The number of primary amides is 1. The van der Waals surface area contributed by atoms with Gasteiger partial charge in [0.15, 0.2) is 0 Å². The summed E-state index contributed by atoms with van der Waals surface area (Å²) in [5.74, 6) is 0.305. The highest BCUT2D eigenvalue weighted by atomic mass is 16.5. The number of hydrogen-bond donors (Lipinski definition) is 4. The van der Waals surface area contributed by atoms with Crippen molar-refractivity contribution in [3.63, 3.8) is 0 Å². The van der Waals surface area contributed by atoms with Gasteiger partial charge in [0.1, 0.15) is 18.2 Å². The number of para-hydroxylation sites is 1. The lowest BCUT2D eigenvalue weighted by molar-refractivity contribution is 0.100. The summed E-state index contributed by atoms with van der Waals surface area (Å²) in [5, 5.41) is 9.15. The minimum Gasteiger partial charge on any atom is -0.487 e. The predicted molar refractivity (Wildman–Crippen MR) is 92.3 cm³/mol. The summed E-state index contributed by atoms with van der Waals surface area (Å²) >= 11 is 0. The molecular weight excluding hydrogens is 322 g/mol. The first kappa shape index (κ1) is 16.3. The van der Waals surface area contributed by atoms with Crippen molar-refractivity contribution in [2.75, 3.05) is 5.32 Å². The van der Waals surface area contributed by atoms with Crippen LogP contribution in [0.1, 0.15) is 21.7 Å². The van der Waals surface area contributed by atoms with Crippen LogP contribution in [-0.2, 0) is 13.2 Å². The standard InChI is InChI=1S/C17H17N5O3/c18-16(23)12-7-4-8-13(25-10-11-5-2-1-3-6-11)15(12)19-9-14-20-17(24)22-21-14/h1-8,19H,9-10H2,(H2,18,23)(H2,20,21,22,24). The Hall–Kier alpha value is -3.55. The average molecular weight is 339 g/mol. The summed E-state index contributed by atoms with van der Waals surface area (Å²) in [6.45, 7) is 0.543. The van der Waals surface area contributed by atoms with E-state index in [2.05, 4.69) is 20.5 Å². The number of aromatic amines is 2. The molecule has 0 saturated heterocycles. The third-order valence-corrected chi connectivity index (χ3v) is 3.51. The molecule has 0 saturated carbocycles. The van der Waals surface area contributed by atoms with Crippen LogP contribution in [0.5, 0.6) is 5.75 Å². The molecule has 0 aliphatic heterocycles. The van der Waals surface area contributed by atoms with Crippen molar-refractivity contribution in [2.24, 2.45) is 5.73 Å². The second kappa shape index (κ2) is 7.35. The van der Waals surface area contributed by atoms with Crippen LogP contribution in [0.15, 0.2) is 53.3 Å². The second-order valence-electron chi connectivity index (χ2n) is 5.30. The number of carbonyl (C=O) groups excluding carboxylic acids is 1. The Morgan fingerprint density at radius 1 is 1.16 bits per heavy atom. The minimum atomic E-state index is -0.580. The van der Waals surface area contributed by atoms with Gasteiger partial charge < -0.3 is 15.8 Å². The number of benzene rings is 2. The Kier molecular flexibility index (Phi) is 4.79. The van der Waals surface area contributed by atoms with Gasteiger partial charge in [0.05, 0.1) is 17.8 Å².